The van der Waals surface area contributed by atoms with Crippen molar-refractivity contribution in [3.05, 3.63) is 32.1 Å². The van der Waals surface area contributed by atoms with Crippen LogP contribution in [0.3, 0.4) is 0 Å². The van der Waals surface area contributed by atoms with Gasteiger partial charge in [-0.2, -0.15) is 0 Å². The van der Waals surface area contributed by atoms with Crippen LogP contribution >= 0.6 is 46.8 Å². The van der Waals surface area contributed by atoms with Crippen molar-refractivity contribution in [1.29, 1.82) is 0 Å². The molecule has 4 rings (SSSR count). The Labute approximate surface area is 163 Å². The van der Waals surface area contributed by atoms with E-state index in [4.69, 9.17) is 0 Å². The first-order valence-electron chi connectivity index (χ1n) is 7.85. The van der Waals surface area contributed by atoms with Crippen LogP contribution in [0.2, 0.25) is 0 Å². The molecule has 10 heteroatoms. The number of aromatic nitrogens is 4. The Hall–Kier alpha value is -1.00. The van der Waals surface area contributed by atoms with Crippen molar-refractivity contribution in [2.24, 2.45) is 0 Å². The highest BCUT2D eigenvalue weighted by Gasteiger charge is 2.19. The lowest BCUT2D eigenvalue weighted by Gasteiger charge is -2.12. The van der Waals surface area contributed by atoms with Crippen LogP contribution in [0.5, 0.6) is 0 Å². The molecule has 0 fully saturated rings. The summed E-state index contributed by atoms with van der Waals surface area (Å²) in [5.74, 6) is 0.921. The van der Waals surface area contributed by atoms with E-state index in [-0.39, 0.29) is 18.0 Å². The molecular formula is C15H18ClN5OS3. The summed E-state index contributed by atoms with van der Waals surface area (Å²) in [5.41, 5.74) is 1.32. The Kier molecular flexibility index (Phi) is 6.11. The van der Waals surface area contributed by atoms with Crippen LogP contribution in [0.15, 0.2) is 15.5 Å². The molecule has 1 aliphatic rings. The summed E-state index contributed by atoms with van der Waals surface area (Å²) in [7, 11) is 0. The third-order valence-electron chi connectivity index (χ3n) is 3.97. The Morgan fingerprint density at radius 1 is 1.36 bits per heavy atom. The van der Waals surface area contributed by atoms with Gasteiger partial charge in [-0.15, -0.1) is 33.9 Å². The average Bonchev–Trinajstić information content (AvgIpc) is 3.16. The molecule has 3 aromatic heterocycles. The quantitative estimate of drug-likeness (QED) is 0.510. The minimum Gasteiger partial charge on any atom is -0.312 e. The zero-order valence-electron chi connectivity index (χ0n) is 13.7. The van der Waals surface area contributed by atoms with E-state index in [1.54, 1.807) is 45.3 Å². The van der Waals surface area contributed by atoms with E-state index < -0.39 is 0 Å². The second kappa shape index (κ2) is 8.13. The Bertz CT molecular complexity index is 935. The Balaban J connectivity index is 0.00000182. The van der Waals surface area contributed by atoms with E-state index >= 15 is 0 Å². The van der Waals surface area contributed by atoms with Crippen molar-refractivity contribution in [1.82, 2.24) is 25.1 Å². The summed E-state index contributed by atoms with van der Waals surface area (Å²) in [5, 5.41) is 13.3. The molecule has 1 N–H and O–H groups in total. The standard InChI is InChI=1S/C15H17N5OS3.ClH/c1-9-18-19-15(23-9)22-6-2-5-20-8-17-13-12(14(20)21)10-3-4-16-7-11(10)24-13;/h8,16H,2-7H2,1H3;1H. The SMILES string of the molecule is Cc1nnc(SCCCn2cnc3sc4c(c3c2=O)CCNC4)s1.Cl. The fourth-order valence-electron chi connectivity index (χ4n) is 2.84. The third kappa shape index (κ3) is 3.90. The van der Waals surface area contributed by atoms with E-state index in [1.165, 1.54) is 10.4 Å². The van der Waals surface area contributed by atoms with Gasteiger partial charge in [0.25, 0.3) is 5.56 Å². The first-order chi connectivity index (χ1) is 11.7. The maximum atomic E-state index is 12.8. The lowest BCUT2D eigenvalue weighted by atomic mass is 10.1. The number of rotatable bonds is 5. The fraction of sp³-hybridized carbons (Fsp3) is 0.467. The molecule has 0 spiro atoms. The molecule has 134 valence electrons. The molecule has 0 bridgehead atoms. The topological polar surface area (TPSA) is 72.7 Å². The van der Waals surface area contributed by atoms with Crippen molar-refractivity contribution in [3.63, 3.8) is 0 Å². The Morgan fingerprint density at radius 3 is 3.04 bits per heavy atom. The Morgan fingerprint density at radius 2 is 2.24 bits per heavy atom. The van der Waals surface area contributed by atoms with Crippen LogP contribution in [0, 0.1) is 6.92 Å². The highest BCUT2D eigenvalue weighted by Crippen LogP contribution is 2.29. The van der Waals surface area contributed by atoms with E-state index in [9.17, 15) is 4.79 Å². The largest absolute Gasteiger partial charge is 0.312 e. The molecule has 0 radical (unpaired) electrons. The predicted octanol–water partition coefficient (Wildman–Crippen LogP) is 2.87. The summed E-state index contributed by atoms with van der Waals surface area (Å²) in [6.45, 7) is 4.44. The third-order valence-corrected chi connectivity index (χ3v) is 7.17. The molecular weight excluding hydrogens is 398 g/mol. The fourth-order valence-corrected chi connectivity index (χ4v) is 5.80. The lowest BCUT2D eigenvalue weighted by molar-refractivity contribution is 0.645. The number of thioether (sulfide) groups is 1. The molecule has 6 nitrogen and oxygen atoms in total. The van der Waals surface area contributed by atoms with Crippen LogP contribution in [-0.2, 0) is 19.5 Å². The number of halogens is 1. The normalized spacial score (nSPS) is 13.6. The number of hydrogen-bond acceptors (Lipinski definition) is 8. The highest BCUT2D eigenvalue weighted by atomic mass is 35.5. The summed E-state index contributed by atoms with van der Waals surface area (Å²) >= 11 is 4.95. The summed E-state index contributed by atoms with van der Waals surface area (Å²) < 4.78 is 2.75. The van der Waals surface area contributed by atoms with Crippen LogP contribution in [0.1, 0.15) is 21.9 Å². The number of aryl methyl sites for hydroxylation is 2. The van der Waals surface area contributed by atoms with Crippen LogP contribution < -0.4 is 10.9 Å². The zero-order chi connectivity index (χ0) is 16.5. The van der Waals surface area contributed by atoms with Gasteiger partial charge in [-0.05, 0) is 31.9 Å². The summed E-state index contributed by atoms with van der Waals surface area (Å²) in [6.07, 6.45) is 3.52. The van der Waals surface area contributed by atoms with E-state index in [0.29, 0.717) is 6.54 Å². The molecule has 0 saturated heterocycles. The van der Waals surface area contributed by atoms with Gasteiger partial charge >= 0.3 is 0 Å². The molecule has 0 amide bonds. The van der Waals surface area contributed by atoms with Crippen LogP contribution in [-0.4, -0.2) is 32.0 Å². The molecule has 1 aliphatic heterocycles. The maximum Gasteiger partial charge on any atom is 0.262 e. The first-order valence-corrected chi connectivity index (χ1v) is 10.5. The molecule has 0 atom stereocenters. The van der Waals surface area contributed by atoms with Crippen LogP contribution in [0.4, 0.5) is 0 Å². The second-order valence-corrected chi connectivity index (χ2v) is 9.25. The van der Waals surface area contributed by atoms with Crippen molar-refractivity contribution >= 4 is 57.1 Å². The smallest absolute Gasteiger partial charge is 0.262 e. The number of hydrogen-bond donors (Lipinski definition) is 1. The maximum absolute atomic E-state index is 12.8. The van der Waals surface area contributed by atoms with Gasteiger partial charge in [0.15, 0.2) is 4.34 Å². The van der Waals surface area contributed by atoms with Gasteiger partial charge < -0.3 is 5.32 Å². The molecule has 0 saturated carbocycles. The van der Waals surface area contributed by atoms with E-state index in [2.05, 4.69) is 20.5 Å². The van der Waals surface area contributed by atoms with E-state index in [0.717, 1.165) is 51.2 Å². The lowest BCUT2D eigenvalue weighted by Crippen LogP contribution is -2.25. The summed E-state index contributed by atoms with van der Waals surface area (Å²) in [4.78, 5) is 19.5. The van der Waals surface area contributed by atoms with Gasteiger partial charge in [0.05, 0.1) is 11.7 Å². The molecule has 0 aliphatic carbocycles. The van der Waals surface area contributed by atoms with Gasteiger partial charge in [-0.3, -0.25) is 9.36 Å². The van der Waals surface area contributed by atoms with Gasteiger partial charge in [-0.25, -0.2) is 4.98 Å². The van der Waals surface area contributed by atoms with E-state index in [1.807, 2.05) is 6.92 Å². The minimum absolute atomic E-state index is 0. The number of nitrogens with zero attached hydrogens (tertiary/aromatic N) is 4. The monoisotopic (exact) mass is 415 g/mol. The number of fused-ring (bicyclic) bond motifs is 3. The molecule has 4 heterocycles. The van der Waals surface area contributed by atoms with Gasteiger partial charge in [0, 0.05) is 23.7 Å². The molecule has 0 unspecified atom stereocenters. The number of nitrogens with one attached hydrogen (secondary N) is 1. The van der Waals surface area contributed by atoms with Crippen molar-refractivity contribution in [2.45, 2.75) is 37.2 Å². The first kappa shape index (κ1) is 18.8. The van der Waals surface area contributed by atoms with Crippen molar-refractivity contribution in [2.75, 3.05) is 12.3 Å². The second-order valence-electron chi connectivity index (χ2n) is 5.64. The zero-order valence-corrected chi connectivity index (χ0v) is 16.9. The average molecular weight is 416 g/mol. The summed E-state index contributed by atoms with van der Waals surface area (Å²) in [6, 6.07) is 0. The van der Waals surface area contributed by atoms with Crippen LogP contribution in [0.25, 0.3) is 10.2 Å². The van der Waals surface area contributed by atoms with Gasteiger partial charge in [-0.1, -0.05) is 23.1 Å². The van der Waals surface area contributed by atoms with Gasteiger partial charge in [0.2, 0.25) is 0 Å². The minimum atomic E-state index is 0. The molecule has 0 aromatic carbocycles. The molecule has 3 aromatic rings. The van der Waals surface area contributed by atoms with Crippen molar-refractivity contribution < 1.29 is 0 Å². The van der Waals surface area contributed by atoms with Crippen molar-refractivity contribution in [3.8, 4) is 0 Å². The molecule has 25 heavy (non-hydrogen) atoms. The van der Waals surface area contributed by atoms with Gasteiger partial charge in [0.1, 0.15) is 9.84 Å². The number of thiophene rings is 1. The predicted molar refractivity (Wildman–Crippen MR) is 107 cm³/mol. The highest BCUT2D eigenvalue weighted by molar-refractivity contribution is 8.01.